The van der Waals surface area contributed by atoms with Gasteiger partial charge in [0.25, 0.3) is 0 Å². The van der Waals surface area contributed by atoms with Crippen molar-refractivity contribution >= 4 is 57.8 Å². The monoisotopic (exact) mass is 568 g/mol. The van der Waals surface area contributed by atoms with Gasteiger partial charge in [0.1, 0.15) is 17.9 Å². The first-order chi connectivity index (χ1) is 18.9. The van der Waals surface area contributed by atoms with Gasteiger partial charge >= 0.3 is 0 Å². The Hall–Kier alpha value is -3.57. The molecule has 1 amide bonds. The van der Waals surface area contributed by atoms with Crippen LogP contribution < -0.4 is 25.3 Å². The van der Waals surface area contributed by atoms with Crippen molar-refractivity contribution in [1.82, 2.24) is 9.97 Å². The van der Waals surface area contributed by atoms with E-state index in [4.69, 9.17) is 37.5 Å². The molecule has 2 N–H and O–H groups in total. The standard InChI is InChI=1S/C27H26Cl2N6O4/c1-3-27(36)33-18-9-19(23(37-2)10-21(18)34-12-24-22(34)13-38-24)32-25-11-26(31-14-30-25)35-20(6-7-39-35)15-4-5-16(28)17(29)8-15/h3-5,8-11,14,20,22,24H,1,6-7,12-13H2,2H3,(H,33,36)(H,30,31,32)/t20-,22-,24?/m1/s1. The van der Waals surface area contributed by atoms with Crippen LogP contribution in [0.1, 0.15) is 18.0 Å². The van der Waals surface area contributed by atoms with Crippen molar-refractivity contribution in [3.8, 4) is 5.75 Å². The van der Waals surface area contributed by atoms with Crippen molar-refractivity contribution in [1.29, 1.82) is 0 Å². The van der Waals surface area contributed by atoms with Gasteiger partial charge in [-0.3, -0.25) is 9.63 Å². The number of anilines is 5. The second-order valence-corrected chi connectivity index (χ2v) is 10.2. The summed E-state index contributed by atoms with van der Waals surface area (Å²) in [5.41, 5.74) is 3.08. The van der Waals surface area contributed by atoms with Crippen LogP contribution in [0.2, 0.25) is 10.0 Å². The minimum atomic E-state index is -0.307. The van der Waals surface area contributed by atoms with Gasteiger partial charge in [0, 0.05) is 25.1 Å². The fourth-order valence-corrected chi connectivity index (χ4v) is 5.31. The van der Waals surface area contributed by atoms with Crippen molar-refractivity contribution in [2.45, 2.75) is 24.6 Å². The average molecular weight is 569 g/mol. The van der Waals surface area contributed by atoms with Crippen LogP contribution in [0.5, 0.6) is 5.75 Å². The summed E-state index contributed by atoms with van der Waals surface area (Å²) in [6.45, 7) is 5.52. The van der Waals surface area contributed by atoms with E-state index in [0.717, 1.165) is 24.2 Å². The molecule has 3 aliphatic heterocycles. The van der Waals surface area contributed by atoms with E-state index in [1.54, 1.807) is 24.3 Å². The molecule has 0 bridgehead atoms. The zero-order chi connectivity index (χ0) is 27.1. The van der Waals surface area contributed by atoms with E-state index >= 15 is 0 Å². The highest BCUT2D eigenvalue weighted by Crippen LogP contribution is 2.44. The maximum absolute atomic E-state index is 12.2. The molecule has 39 heavy (non-hydrogen) atoms. The molecule has 202 valence electrons. The maximum atomic E-state index is 12.2. The molecular formula is C27H26Cl2N6O4. The molecule has 0 saturated carbocycles. The van der Waals surface area contributed by atoms with Gasteiger partial charge in [-0.1, -0.05) is 35.8 Å². The van der Waals surface area contributed by atoms with Crippen LogP contribution in [0.15, 0.2) is 55.4 Å². The number of benzene rings is 2. The fraction of sp³-hybridized carbons (Fsp3) is 0.296. The zero-order valence-corrected chi connectivity index (χ0v) is 22.6. The summed E-state index contributed by atoms with van der Waals surface area (Å²) >= 11 is 12.4. The lowest BCUT2D eigenvalue weighted by molar-refractivity contribution is -0.113. The second-order valence-electron chi connectivity index (χ2n) is 9.38. The van der Waals surface area contributed by atoms with E-state index in [-0.39, 0.29) is 18.1 Å². The first kappa shape index (κ1) is 25.7. The molecule has 3 fully saturated rings. The number of methoxy groups -OCH3 is 1. The van der Waals surface area contributed by atoms with Gasteiger partial charge in [0.05, 0.1) is 65.6 Å². The smallest absolute Gasteiger partial charge is 0.247 e. The highest BCUT2D eigenvalue weighted by atomic mass is 35.5. The first-order valence-corrected chi connectivity index (χ1v) is 13.2. The highest BCUT2D eigenvalue weighted by Gasteiger charge is 2.48. The summed E-state index contributed by atoms with van der Waals surface area (Å²) in [6.07, 6.45) is 3.69. The molecule has 3 aromatic rings. The van der Waals surface area contributed by atoms with Gasteiger partial charge in [-0.25, -0.2) is 15.0 Å². The van der Waals surface area contributed by atoms with Crippen LogP contribution in [0.25, 0.3) is 0 Å². The van der Waals surface area contributed by atoms with E-state index in [1.807, 2.05) is 24.3 Å². The third-order valence-corrected chi connectivity index (χ3v) is 7.87. The molecule has 3 atom stereocenters. The molecule has 10 nitrogen and oxygen atoms in total. The first-order valence-electron chi connectivity index (χ1n) is 12.4. The third kappa shape index (κ3) is 4.85. The number of carbonyl (C=O) groups excluding carboxylic acids is 1. The Bertz CT molecular complexity index is 1440. The topological polar surface area (TPSA) is 101 Å². The Morgan fingerprint density at radius 3 is 2.74 bits per heavy atom. The number of hydrogen-bond donors (Lipinski definition) is 2. The van der Waals surface area contributed by atoms with Crippen LogP contribution >= 0.6 is 23.2 Å². The van der Waals surface area contributed by atoms with Crippen molar-refractivity contribution < 1.29 is 19.1 Å². The molecule has 3 aliphatic rings. The molecule has 6 rings (SSSR count). The summed E-state index contributed by atoms with van der Waals surface area (Å²) in [5.74, 6) is 1.38. The lowest BCUT2D eigenvalue weighted by Gasteiger charge is -2.56. The highest BCUT2D eigenvalue weighted by molar-refractivity contribution is 6.42. The number of hydrogen-bond acceptors (Lipinski definition) is 9. The van der Waals surface area contributed by atoms with Crippen LogP contribution in [-0.4, -0.2) is 54.9 Å². The Labute approximate surface area is 235 Å². The Morgan fingerprint density at radius 1 is 1.18 bits per heavy atom. The SMILES string of the molecule is C=CC(=O)Nc1cc(Nc2cc(N3OCC[C@@H]3c3ccc(Cl)c(Cl)c3)ncn2)c(OC)cc1N1CC2OC[C@H]21. The second kappa shape index (κ2) is 10.5. The third-order valence-electron chi connectivity index (χ3n) is 7.13. The van der Waals surface area contributed by atoms with Crippen molar-refractivity contribution in [2.75, 3.05) is 47.5 Å². The molecule has 4 heterocycles. The summed E-state index contributed by atoms with van der Waals surface area (Å²) < 4.78 is 11.3. The number of hydroxylamine groups is 1. The Kier molecular flexibility index (Phi) is 6.94. The number of carbonyl (C=O) groups is 1. The largest absolute Gasteiger partial charge is 0.494 e. The van der Waals surface area contributed by atoms with Crippen molar-refractivity contribution in [3.05, 3.63) is 71.0 Å². The molecule has 0 aliphatic carbocycles. The predicted octanol–water partition coefficient (Wildman–Crippen LogP) is 5.13. The van der Waals surface area contributed by atoms with Gasteiger partial charge in [-0.05, 0) is 29.8 Å². The lowest BCUT2D eigenvalue weighted by atomic mass is 9.93. The molecule has 0 spiro atoms. The van der Waals surface area contributed by atoms with Crippen LogP contribution in [-0.2, 0) is 14.4 Å². The molecule has 2 aromatic carbocycles. The number of morpholine rings is 1. The molecule has 12 heteroatoms. The molecule has 1 unspecified atom stereocenters. The number of ether oxygens (including phenoxy) is 2. The van der Waals surface area contributed by atoms with E-state index < -0.39 is 0 Å². The van der Waals surface area contributed by atoms with Crippen LogP contribution in [0.3, 0.4) is 0 Å². The number of nitrogens with one attached hydrogen (secondary N) is 2. The normalized spacial score (nSPS) is 21.5. The average Bonchev–Trinajstić information content (AvgIpc) is 3.42. The number of amides is 1. The van der Waals surface area contributed by atoms with Gasteiger partial charge in [-0.15, -0.1) is 0 Å². The van der Waals surface area contributed by atoms with Gasteiger partial charge < -0.3 is 25.0 Å². The number of fused-ring (bicyclic) bond motifs is 1. The quantitative estimate of drug-likeness (QED) is 0.358. The predicted molar refractivity (Wildman–Crippen MR) is 150 cm³/mol. The van der Waals surface area contributed by atoms with E-state index in [9.17, 15) is 4.79 Å². The fourth-order valence-electron chi connectivity index (χ4n) is 5.00. The number of halogens is 2. The van der Waals surface area contributed by atoms with Crippen LogP contribution in [0.4, 0.5) is 28.7 Å². The van der Waals surface area contributed by atoms with Crippen LogP contribution in [0, 0.1) is 0 Å². The summed E-state index contributed by atoms with van der Waals surface area (Å²) in [6, 6.07) is 11.3. The lowest BCUT2D eigenvalue weighted by Crippen LogP contribution is -2.71. The Balaban J connectivity index is 1.29. The molecule has 3 saturated heterocycles. The summed E-state index contributed by atoms with van der Waals surface area (Å²) in [5, 5.41) is 8.96. The molecule has 0 radical (unpaired) electrons. The number of nitrogens with zero attached hydrogens (tertiary/aromatic N) is 4. The van der Waals surface area contributed by atoms with Gasteiger partial charge in [-0.2, -0.15) is 0 Å². The number of rotatable bonds is 8. The number of aromatic nitrogens is 2. The molecule has 1 aromatic heterocycles. The van der Waals surface area contributed by atoms with Gasteiger partial charge in [0.2, 0.25) is 5.91 Å². The van der Waals surface area contributed by atoms with E-state index in [2.05, 4.69) is 32.1 Å². The van der Waals surface area contributed by atoms with E-state index in [1.165, 1.54) is 12.4 Å². The maximum Gasteiger partial charge on any atom is 0.247 e. The summed E-state index contributed by atoms with van der Waals surface area (Å²) in [7, 11) is 1.60. The minimum absolute atomic E-state index is 0.0899. The minimum Gasteiger partial charge on any atom is -0.494 e. The molecular weight excluding hydrogens is 543 g/mol. The van der Waals surface area contributed by atoms with E-state index in [0.29, 0.717) is 58.1 Å². The summed E-state index contributed by atoms with van der Waals surface area (Å²) in [4.78, 5) is 29.2. The zero-order valence-electron chi connectivity index (χ0n) is 21.1. The van der Waals surface area contributed by atoms with Crippen molar-refractivity contribution in [3.63, 3.8) is 0 Å². The Morgan fingerprint density at radius 2 is 2.05 bits per heavy atom. The van der Waals surface area contributed by atoms with Crippen molar-refractivity contribution in [2.24, 2.45) is 0 Å². The van der Waals surface area contributed by atoms with Gasteiger partial charge in [0.15, 0.2) is 5.82 Å².